The predicted molar refractivity (Wildman–Crippen MR) is 136 cm³/mol. The second-order valence-electron chi connectivity index (χ2n) is 10.7. The van der Waals surface area contributed by atoms with Crippen molar-refractivity contribution >= 4 is 30.8 Å². The Kier molecular flexibility index (Phi) is 7.58. The van der Waals surface area contributed by atoms with Crippen molar-refractivity contribution in [3.8, 4) is 0 Å². The number of carbonyl (C=O) groups excluding carboxylic acids is 2. The van der Waals surface area contributed by atoms with Crippen LogP contribution in [0.15, 0.2) is 60.7 Å². The molecule has 0 saturated carbocycles. The van der Waals surface area contributed by atoms with Crippen LogP contribution in [0, 0.1) is 0 Å². The summed E-state index contributed by atoms with van der Waals surface area (Å²) in [6.45, 7) is 12.4. The van der Waals surface area contributed by atoms with Crippen LogP contribution in [0.5, 0.6) is 0 Å². The third-order valence-corrected chi connectivity index (χ3v) is 11.2. The van der Waals surface area contributed by atoms with Crippen molar-refractivity contribution in [3.63, 3.8) is 0 Å². The highest BCUT2D eigenvalue weighted by Crippen LogP contribution is 2.39. The summed E-state index contributed by atoms with van der Waals surface area (Å²) in [6, 6.07) is 19.6. The molecule has 2 aromatic rings. The van der Waals surface area contributed by atoms with E-state index in [9.17, 15) is 9.59 Å². The maximum atomic E-state index is 13.0. The fourth-order valence-electron chi connectivity index (χ4n) is 4.73. The Balaban J connectivity index is 2.10. The van der Waals surface area contributed by atoms with Gasteiger partial charge in [0.05, 0.1) is 13.2 Å². The number of nitrogens with zero attached hydrogens (tertiary/aromatic N) is 1. The molecule has 0 aromatic heterocycles. The van der Waals surface area contributed by atoms with Gasteiger partial charge in [0.2, 0.25) is 0 Å². The SMILES string of the molecule is COC(=O)[C@H]1[C@@H](O[Si](c2ccccc2)(c2ccccc2)C(C)(C)C)CCN1C(=O)OC(C)(C)C. The molecular formula is C27H37NO5Si. The number of ether oxygens (including phenoxy) is 2. The first kappa shape index (κ1) is 26.0. The molecule has 6 nitrogen and oxygen atoms in total. The predicted octanol–water partition coefficient (Wildman–Crippen LogP) is 4.11. The van der Waals surface area contributed by atoms with Gasteiger partial charge in [0.25, 0.3) is 8.32 Å². The average Bonchev–Trinajstić information content (AvgIpc) is 3.20. The zero-order valence-corrected chi connectivity index (χ0v) is 22.3. The van der Waals surface area contributed by atoms with Crippen LogP contribution in [0.2, 0.25) is 5.04 Å². The van der Waals surface area contributed by atoms with E-state index in [1.165, 1.54) is 12.0 Å². The molecule has 0 unspecified atom stereocenters. The van der Waals surface area contributed by atoms with Crippen molar-refractivity contribution in [1.29, 1.82) is 0 Å². The number of amides is 1. The Morgan fingerprint density at radius 2 is 1.38 bits per heavy atom. The van der Waals surface area contributed by atoms with Crippen molar-refractivity contribution in [2.24, 2.45) is 0 Å². The third kappa shape index (κ3) is 5.20. The largest absolute Gasteiger partial charge is 0.467 e. The highest BCUT2D eigenvalue weighted by atomic mass is 28.4. The van der Waals surface area contributed by atoms with Crippen LogP contribution >= 0.6 is 0 Å². The molecule has 1 fully saturated rings. The lowest BCUT2D eigenvalue weighted by Gasteiger charge is -2.45. The normalized spacial score (nSPS) is 19.1. The van der Waals surface area contributed by atoms with E-state index in [-0.39, 0.29) is 5.04 Å². The molecule has 2 atom stereocenters. The van der Waals surface area contributed by atoms with Gasteiger partial charge in [-0.05, 0) is 42.6 Å². The first-order chi connectivity index (χ1) is 15.9. The smallest absolute Gasteiger partial charge is 0.411 e. The van der Waals surface area contributed by atoms with Crippen LogP contribution in [0.1, 0.15) is 48.0 Å². The zero-order chi connectivity index (χ0) is 25.1. The molecule has 2 aromatic carbocycles. The number of likely N-dealkylation sites (tertiary alicyclic amines) is 1. The van der Waals surface area contributed by atoms with E-state index in [0.717, 1.165) is 10.4 Å². The highest BCUT2D eigenvalue weighted by molar-refractivity contribution is 6.99. The molecule has 3 rings (SSSR count). The number of rotatable bonds is 5. The summed E-state index contributed by atoms with van der Waals surface area (Å²) < 4.78 is 17.9. The minimum absolute atomic E-state index is 0.254. The molecule has 7 heteroatoms. The summed E-state index contributed by atoms with van der Waals surface area (Å²) in [5.41, 5.74) is -0.672. The number of methoxy groups -OCH3 is 1. The van der Waals surface area contributed by atoms with E-state index >= 15 is 0 Å². The van der Waals surface area contributed by atoms with E-state index in [0.29, 0.717) is 13.0 Å². The maximum Gasteiger partial charge on any atom is 0.411 e. The molecule has 1 heterocycles. The van der Waals surface area contributed by atoms with Gasteiger partial charge >= 0.3 is 12.1 Å². The van der Waals surface area contributed by atoms with E-state index in [1.54, 1.807) is 0 Å². The van der Waals surface area contributed by atoms with Gasteiger partial charge in [-0.1, -0.05) is 81.4 Å². The molecule has 184 valence electrons. The van der Waals surface area contributed by atoms with Gasteiger partial charge in [-0.2, -0.15) is 0 Å². The van der Waals surface area contributed by atoms with Crippen LogP contribution in [-0.2, 0) is 18.7 Å². The van der Waals surface area contributed by atoms with Crippen LogP contribution in [0.25, 0.3) is 0 Å². The van der Waals surface area contributed by atoms with E-state index in [2.05, 4.69) is 45.0 Å². The summed E-state index contributed by atoms with van der Waals surface area (Å²) in [5, 5.41) is 1.98. The molecule has 34 heavy (non-hydrogen) atoms. The summed E-state index contributed by atoms with van der Waals surface area (Å²) in [6.07, 6.45) is -0.536. The van der Waals surface area contributed by atoms with Gasteiger partial charge in [-0.15, -0.1) is 0 Å². The lowest BCUT2D eigenvalue weighted by molar-refractivity contribution is -0.148. The minimum atomic E-state index is -2.91. The maximum absolute atomic E-state index is 13.0. The van der Waals surface area contributed by atoms with Crippen LogP contribution in [-0.4, -0.2) is 56.7 Å². The zero-order valence-electron chi connectivity index (χ0n) is 21.3. The Morgan fingerprint density at radius 1 is 0.882 bits per heavy atom. The monoisotopic (exact) mass is 483 g/mol. The van der Waals surface area contributed by atoms with Gasteiger partial charge in [-0.3, -0.25) is 4.90 Å². The molecule has 0 radical (unpaired) electrons. The number of esters is 1. The lowest BCUT2D eigenvalue weighted by atomic mass is 10.2. The molecule has 0 bridgehead atoms. The van der Waals surface area contributed by atoms with E-state index < -0.39 is 38.1 Å². The molecule has 0 spiro atoms. The van der Waals surface area contributed by atoms with E-state index in [4.69, 9.17) is 13.9 Å². The summed E-state index contributed by atoms with van der Waals surface area (Å²) >= 11 is 0. The van der Waals surface area contributed by atoms with Gasteiger partial charge in [0.1, 0.15) is 5.60 Å². The first-order valence-electron chi connectivity index (χ1n) is 11.8. The fraction of sp³-hybridized carbons (Fsp3) is 0.481. The molecule has 1 amide bonds. The lowest BCUT2D eigenvalue weighted by Crippen LogP contribution is -2.68. The van der Waals surface area contributed by atoms with Gasteiger partial charge in [-0.25, -0.2) is 9.59 Å². The van der Waals surface area contributed by atoms with Crippen LogP contribution in [0.3, 0.4) is 0 Å². The molecule has 1 aliphatic rings. The Labute approximate surface area is 204 Å². The second-order valence-corrected chi connectivity index (χ2v) is 15.0. The standard InChI is InChI=1S/C27H37NO5Si/c1-26(2,3)32-25(30)28-19-18-22(23(28)24(29)31-7)33-34(27(4,5)6,20-14-10-8-11-15-20)21-16-12-9-13-17-21/h8-17,22-23H,18-19H2,1-7H3/t22-,23+/m0/s1. The molecular weight excluding hydrogens is 446 g/mol. The summed E-state index contributed by atoms with van der Waals surface area (Å²) in [5.74, 6) is -0.494. The number of hydrogen-bond donors (Lipinski definition) is 0. The van der Waals surface area contributed by atoms with Gasteiger partial charge in [0.15, 0.2) is 6.04 Å². The number of hydrogen-bond acceptors (Lipinski definition) is 5. The average molecular weight is 484 g/mol. The van der Waals surface area contributed by atoms with Crippen molar-refractivity contribution in [1.82, 2.24) is 4.90 Å². The van der Waals surface area contributed by atoms with Crippen molar-refractivity contribution < 1.29 is 23.5 Å². The number of carbonyl (C=O) groups is 2. The number of benzene rings is 2. The third-order valence-electron chi connectivity index (χ3n) is 6.16. The van der Waals surface area contributed by atoms with Gasteiger partial charge in [0, 0.05) is 6.54 Å². The minimum Gasteiger partial charge on any atom is -0.467 e. The Morgan fingerprint density at radius 3 is 1.79 bits per heavy atom. The second kappa shape index (κ2) is 9.92. The summed E-state index contributed by atoms with van der Waals surface area (Å²) in [4.78, 5) is 27.4. The molecule has 0 N–H and O–H groups in total. The summed E-state index contributed by atoms with van der Waals surface area (Å²) in [7, 11) is -1.57. The van der Waals surface area contributed by atoms with E-state index in [1.807, 2.05) is 57.2 Å². The fourth-order valence-corrected chi connectivity index (χ4v) is 9.45. The molecule has 0 aliphatic carbocycles. The quantitative estimate of drug-likeness (QED) is 0.473. The molecule has 1 saturated heterocycles. The van der Waals surface area contributed by atoms with Crippen molar-refractivity contribution in [3.05, 3.63) is 60.7 Å². The Bertz CT molecular complexity index is 942. The molecule has 1 aliphatic heterocycles. The van der Waals surface area contributed by atoms with Crippen molar-refractivity contribution in [2.75, 3.05) is 13.7 Å². The topological polar surface area (TPSA) is 65.1 Å². The van der Waals surface area contributed by atoms with Crippen LogP contribution in [0.4, 0.5) is 4.79 Å². The Hall–Kier alpha value is -2.64. The first-order valence-corrected chi connectivity index (χ1v) is 13.7. The van der Waals surface area contributed by atoms with Gasteiger partial charge < -0.3 is 13.9 Å². The van der Waals surface area contributed by atoms with Crippen molar-refractivity contribution in [2.45, 2.75) is 70.7 Å². The highest BCUT2D eigenvalue weighted by Gasteiger charge is 2.55. The van der Waals surface area contributed by atoms with Crippen LogP contribution < -0.4 is 10.4 Å².